The Bertz CT molecular complexity index is 523. The zero-order chi connectivity index (χ0) is 16.0. The van der Waals surface area contributed by atoms with Gasteiger partial charge in [-0.05, 0) is 42.7 Å². The van der Waals surface area contributed by atoms with Gasteiger partial charge in [0, 0.05) is 12.2 Å². The number of amides is 1. The average Bonchev–Trinajstić information content (AvgIpc) is 2.98. The lowest BCUT2D eigenvalue weighted by molar-refractivity contribution is -0.146. The first kappa shape index (κ1) is 16.7. The number of carbonyl (C=O) groups is 2. The van der Waals surface area contributed by atoms with E-state index in [9.17, 15) is 14.7 Å². The molecule has 0 saturated carbocycles. The number of carboxylic acid groups (broad SMARTS) is 1. The predicted molar refractivity (Wildman–Crippen MR) is 86.4 cm³/mol. The smallest absolute Gasteiger partial charge is 0.330 e. The Balaban J connectivity index is 1.78. The number of thioether (sulfide) groups is 1. The summed E-state index contributed by atoms with van der Waals surface area (Å²) in [6.07, 6.45) is 2.32. The number of benzene rings is 1. The highest BCUT2D eigenvalue weighted by molar-refractivity contribution is 7.99. The van der Waals surface area contributed by atoms with Gasteiger partial charge in [0.15, 0.2) is 0 Å². The summed E-state index contributed by atoms with van der Waals surface area (Å²) in [7, 11) is 1.62. The number of aliphatic carboxylic acids is 1. The van der Waals surface area contributed by atoms with Crippen molar-refractivity contribution in [2.24, 2.45) is 0 Å². The Morgan fingerprint density at radius 3 is 2.64 bits per heavy atom. The van der Waals surface area contributed by atoms with Crippen molar-refractivity contribution >= 4 is 23.6 Å². The third kappa shape index (κ3) is 4.16. The second kappa shape index (κ2) is 7.54. The van der Waals surface area contributed by atoms with E-state index in [0.29, 0.717) is 25.0 Å². The van der Waals surface area contributed by atoms with E-state index < -0.39 is 11.5 Å². The van der Waals surface area contributed by atoms with Crippen LogP contribution in [0.5, 0.6) is 5.75 Å². The molecule has 5 nitrogen and oxygen atoms in total. The zero-order valence-corrected chi connectivity index (χ0v) is 13.4. The molecule has 1 heterocycles. The molecule has 2 N–H and O–H groups in total. The number of aryl methyl sites for hydroxylation is 1. The van der Waals surface area contributed by atoms with Gasteiger partial charge in [-0.1, -0.05) is 12.1 Å². The molecule has 1 unspecified atom stereocenters. The molecule has 0 bridgehead atoms. The number of carboxylic acids is 1. The second-order valence-electron chi connectivity index (χ2n) is 5.44. The molecule has 1 aromatic carbocycles. The minimum Gasteiger partial charge on any atom is -0.497 e. The SMILES string of the molecule is COc1ccc(CCCC(=O)NC2(C(=O)O)CCSC2)cc1. The van der Waals surface area contributed by atoms with E-state index in [4.69, 9.17) is 4.74 Å². The molecular formula is C16H21NO4S. The summed E-state index contributed by atoms with van der Waals surface area (Å²) >= 11 is 1.57. The Labute approximate surface area is 134 Å². The van der Waals surface area contributed by atoms with Gasteiger partial charge in [0.25, 0.3) is 0 Å². The highest BCUT2D eigenvalue weighted by atomic mass is 32.2. The van der Waals surface area contributed by atoms with Crippen molar-refractivity contribution in [1.82, 2.24) is 5.32 Å². The van der Waals surface area contributed by atoms with Gasteiger partial charge in [-0.25, -0.2) is 4.79 Å². The quantitative estimate of drug-likeness (QED) is 0.803. The van der Waals surface area contributed by atoms with Crippen molar-refractivity contribution in [3.05, 3.63) is 29.8 Å². The molecule has 0 aromatic heterocycles. The third-order valence-corrected chi connectivity index (χ3v) is 5.03. The van der Waals surface area contributed by atoms with E-state index in [-0.39, 0.29) is 5.91 Å². The van der Waals surface area contributed by atoms with Crippen molar-refractivity contribution in [2.75, 3.05) is 18.6 Å². The Morgan fingerprint density at radius 1 is 1.36 bits per heavy atom. The second-order valence-corrected chi connectivity index (χ2v) is 6.54. The van der Waals surface area contributed by atoms with Gasteiger partial charge in [-0.15, -0.1) is 0 Å². The molecule has 1 fully saturated rings. The Hall–Kier alpha value is -1.69. The summed E-state index contributed by atoms with van der Waals surface area (Å²) in [5.41, 5.74) is 0.0694. The van der Waals surface area contributed by atoms with Crippen molar-refractivity contribution in [3.63, 3.8) is 0 Å². The first-order valence-corrected chi connectivity index (χ1v) is 8.46. The first-order valence-electron chi connectivity index (χ1n) is 7.31. The van der Waals surface area contributed by atoms with Crippen LogP contribution in [0.25, 0.3) is 0 Å². The lowest BCUT2D eigenvalue weighted by Crippen LogP contribution is -2.54. The molecule has 120 valence electrons. The molecule has 1 saturated heterocycles. The molecule has 1 aromatic rings. The molecule has 0 aliphatic carbocycles. The number of nitrogens with one attached hydrogen (secondary N) is 1. The van der Waals surface area contributed by atoms with Crippen LogP contribution in [0, 0.1) is 0 Å². The van der Waals surface area contributed by atoms with Crippen LogP contribution in [0.4, 0.5) is 0 Å². The van der Waals surface area contributed by atoms with Gasteiger partial charge >= 0.3 is 5.97 Å². The number of hydrogen-bond donors (Lipinski definition) is 2. The van der Waals surface area contributed by atoms with Crippen LogP contribution in [-0.2, 0) is 16.0 Å². The van der Waals surface area contributed by atoms with E-state index in [1.54, 1.807) is 18.9 Å². The van der Waals surface area contributed by atoms with Crippen LogP contribution in [0.1, 0.15) is 24.8 Å². The summed E-state index contributed by atoms with van der Waals surface area (Å²) in [5, 5.41) is 12.0. The van der Waals surface area contributed by atoms with Crippen LogP contribution >= 0.6 is 11.8 Å². The molecule has 22 heavy (non-hydrogen) atoms. The minimum absolute atomic E-state index is 0.182. The van der Waals surface area contributed by atoms with E-state index in [2.05, 4.69) is 5.32 Å². The van der Waals surface area contributed by atoms with Gasteiger partial charge in [-0.2, -0.15) is 11.8 Å². The predicted octanol–water partition coefficient (Wildman–Crippen LogP) is 2.09. The standard InChI is InChI=1S/C16H21NO4S/c1-21-13-7-5-12(6-8-13)3-2-4-14(18)17-16(15(19)20)9-10-22-11-16/h5-8H,2-4,9-11H2,1H3,(H,17,18)(H,19,20). The van der Waals surface area contributed by atoms with Gasteiger partial charge in [0.1, 0.15) is 11.3 Å². The Kier molecular flexibility index (Phi) is 5.71. The molecule has 0 radical (unpaired) electrons. The molecule has 1 aliphatic heterocycles. The van der Waals surface area contributed by atoms with E-state index >= 15 is 0 Å². The molecule has 1 atom stereocenters. The topological polar surface area (TPSA) is 75.6 Å². The number of carbonyl (C=O) groups excluding carboxylic acids is 1. The van der Waals surface area contributed by atoms with Crippen molar-refractivity contribution in [2.45, 2.75) is 31.2 Å². The summed E-state index contributed by atoms with van der Waals surface area (Å²) in [6, 6.07) is 7.74. The van der Waals surface area contributed by atoms with E-state index in [1.165, 1.54) is 0 Å². The third-order valence-electron chi connectivity index (χ3n) is 3.84. The van der Waals surface area contributed by atoms with Crippen LogP contribution in [-0.4, -0.2) is 41.1 Å². The lowest BCUT2D eigenvalue weighted by atomic mass is 9.98. The van der Waals surface area contributed by atoms with Gasteiger partial charge in [-0.3, -0.25) is 4.79 Å². The van der Waals surface area contributed by atoms with E-state index in [0.717, 1.165) is 23.5 Å². The summed E-state index contributed by atoms with van der Waals surface area (Å²) in [4.78, 5) is 23.4. The van der Waals surface area contributed by atoms with E-state index in [1.807, 2.05) is 24.3 Å². The summed E-state index contributed by atoms with van der Waals surface area (Å²) < 4.78 is 5.10. The lowest BCUT2D eigenvalue weighted by Gasteiger charge is -2.24. The maximum Gasteiger partial charge on any atom is 0.330 e. The highest BCUT2D eigenvalue weighted by Crippen LogP contribution is 2.28. The van der Waals surface area contributed by atoms with Crippen LogP contribution in [0.15, 0.2) is 24.3 Å². The summed E-state index contributed by atoms with van der Waals surface area (Å²) in [6.45, 7) is 0. The van der Waals surface area contributed by atoms with Crippen LogP contribution < -0.4 is 10.1 Å². The van der Waals surface area contributed by atoms with Crippen molar-refractivity contribution in [3.8, 4) is 5.75 Å². The summed E-state index contributed by atoms with van der Waals surface area (Å²) in [5.74, 6) is 0.924. The van der Waals surface area contributed by atoms with Gasteiger partial charge in [0.2, 0.25) is 5.91 Å². The fourth-order valence-electron chi connectivity index (χ4n) is 2.46. The zero-order valence-electron chi connectivity index (χ0n) is 12.6. The van der Waals surface area contributed by atoms with Crippen molar-refractivity contribution in [1.29, 1.82) is 0 Å². The van der Waals surface area contributed by atoms with Crippen LogP contribution in [0.2, 0.25) is 0 Å². The van der Waals surface area contributed by atoms with Crippen molar-refractivity contribution < 1.29 is 19.4 Å². The highest BCUT2D eigenvalue weighted by Gasteiger charge is 2.42. The molecular weight excluding hydrogens is 302 g/mol. The average molecular weight is 323 g/mol. The van der Waals surface area contributed by atoms with Gasteiger partial charge < -0.3 is 15.2 Å². The fraction of sp³-hybridized carbons (Fsp3) is 0.500. The molecule has 6 heteroatoms. The number of methoxy groups -OCH3 is 1. The Morgan fingerprint density at radius 2 is 2.09 bits per heavy atom. The number of ether oxygens (including phenoxy) is 1. The van der Waals surface area contributed by atoms with Crippen LogP contribution in [0.3, 0.4) is 0 Å². The molecule has 2 rings (SSSR count). The maximum atomic E-state index is 12.0. The normalized spacial score (nSPS) is 20.6. The largest absolute Gasteiger partial charge is 0.497 e. The molecule has 0 spiro atoms. The minimum atomic E-state index is -1.07. The fourth-order valence-corrected chi connectivity index (χ4v) is 3.79. The molecule has 1 aliphatic rings. The monoisotopic (exact) mass is 323 g/mol. The maximum absolute atomic E-state index is 12.0. The number of rotatable bonds is 7. The molecule has 1 amide bonds. The number of hydrogen-bond acceptors (Lipinski definition) is 4. The first-order chi connectivity index (χ1) is 10.6. The van der Waals surface area contributed by atoms with Gasteiger partial charge in [0.05, 0.1) is 7.11 Å².